The molecule has 2 aromatic carbocycles. The second-order valence-electron chi connectivity index (χ2n) is 7.24. The van der Waals surface area contributed by atoms with Crippen molar-refractivity contribution < 1.29 is 23.1 Å². The van der Waals surface area contributed by atoms with Gasteiger partial charge in [-0.2, -0.15) is 18.4 Å². The fraction of sp³-hybridized carbons (Fsp3) is 0.167. The highest BCUT2D eigenvalue weighted by atomic mass is 19.4. The number of aryl methyl sites for hydroxylation is 1. The predicted molar refractivity (Wildman–Crippen MR) is 113 cm³/mol. The monoisotopic (exact) mass is 438 g/mol. The molecule has 2 N–H and O–H groups in total. The minimum absolute atomic E-state index is 0.0313. The topological polar surface area (TPSA) is 86.0 Å². The number of halogens is 3. The predicted octanol–water partition coefficient (Wildman–Crippen LogP) is 4.54. The van der Waals surface area contributed by atoms with Gasteiger partial charge in [0.15, 0.2) is 6.04 Å². The second kappa shape index (κ2) is 9.12. The fourth-order valence-electron chi connectivity index (χ4n) is 3.07. The molecule has 0 radical (unpaired) electrons. The summed E-state index contributed by atoms with van der Waals surface area (Å²) in [4.78, 5) is 17.0. The van der Waals surface area contributed by atoms with Gasteiger partial charge in [0.1, 0.15) is 6.61 Å². The summed E-state index contributed by atoms with van der Waals surface area (Å²) in [6, 6.07) is 12.0. The number of hydrogen-bond donors (Lipinski definition) is 2. The number of aliphatic hydroxyl groups excluding tert-OH is 1. The average molecular weight is 438 g/mol. The molecule has 1 unspecified atom stereocenters. The lowest BCUT2D eigenvalue weighted by atomic mass is 9.93. The number of pyridine rings is 1. The van der Waals surface area contributed by atoms with E-state index in [4.69, 9.17) is 5.11 Å². The Morgan fingerprint density at radius 3 is 2.50 bits per heavy atom. The van der Waals surface area contributed by atoms with Crippen LogP contribution in [0.25, 0.3) is 22.4 Å². The first kappa shape index (κ1) is 22.8. The van der Waals surface area contributed by atoms with E-state index in [1.807, 2.05) is 19.1 Å². The van der Waals surface area contributed by atoms with Crippen LogP contribution in [0.1, 0.15) is 27.0 Å². The van der Waals surface area contributed by atoms with Crippen LogP contribution in [0.2, 0.25) is 0 Å². The zero-order chi connectivity index (χ0) is 23.5. The van der Waals surface area contributed by atoms with Crippen molar-refractivity contribution in [3.8, 4) is 28.5 Å². The van der Waals surface area contributed by atoms with Crippen molar-refractivity contribution in [2.75, 3.05) is 6.61 Å². The van der Waals surface area contributed by atoms with Crippen molar-refractivity contribution in [1.82, 2.24) is 10.3 Å². The van der Waals surface area contributed by atoms with Crippen LogP contribution < -0.4 is 5.32 Å². The number of amides is 1. The van der Waals surface area contributed by atoms with E-state index in [2.05, 4.69) is 17.2 Å². The molecule has 3 rings (SSSR count). The van der Waals surface area contributed by atoms with Gasteiger partial charge in [-0.1, -0.05) is 6.07 Å². The molecule has 1 amide bonds. The summed E-state index contributed by atoms with van der Waals surface area (Å²) in [6.45, 7) is 5.07. The second-order valence-corrected chi connectivity index (χ2v) is 7.24. The van der Waals surface area contributed by atoms with E-state index < -0.39 is 23.7 Å². The molecule has 0 saturated carbocycles. The molecule has 1 atom stereocenters. The standard InChI is InChI=1S/C24H18F3N3O2/c1-14-3-6-22(29-12-14)18-7-17(8-19(9-18)23(32)30-15(2)13-31)21-10-20(24(25,26)27)5-4-16(21)11-28/h3-10,12,15,31H,2,13H2,1H3/p+1. The van der Waals surface area contributed by atoms with E-state index in [1.165, 1.54) is 6.07 Å². The van der Waals surface area contributed by atoms with Gasteiger partial charge in [0.25, 0.3) is 5.91 Å². The minimum Gasteiger partial charge on any atom is -0.390 e. The molecule has 0 aliphatic heterocycles. The SMILES string of the molecule is [CH2+]C(CO)NC(=O)c1cc(-c2ccc(C)cn2)cc(-c2cc(C(F)(F)F)ccc2C#N)c1. The Morgan fingerprint density at radius 2 is 1.91 bits per heavy atom. The number of nitrogens with zero attached hydrogens (tertiary/aromatic N) is 2. The van der Waals surface area contributed by atoms with Crippen LogP contribution in [-0.2, 0) is 6.18 Å². The Hall–Kier alpha value is -3.83. The highest BCUT2D eigenvalue weighted by Gasteiger charge is 2.31. The summed E-state index contributed by atoms with van der Waals surface area (Å²) in [6.07, 6.45) is -2.97. The molecule has 0 saturated heterocycles. The first-order chi connectivity index (χ1) is 15.1. The van der Waals surface area contributed by atoms with Crippen LogP contribution >= 0.6 is 0 Å². The molecule has 1 aromatic heterocycles. The summed E-state index contributed by atoms with van der Waals surface area (Å²) in [5.41, 5.74) is 1.45. The smallest absolute Gasteiger partial charge is 0.390 e. The number of carbonyl (C=O) groups is 1. The molecule has 162 valence electrons. The van der Waals surface area contributed by atoms with Gasteiger partial charge in [0, 0.05) is 22.9 Å². The van der Waals surface area contributed by atoms with Gasteiger partial charge in [0.05, 0.1) is 29.8 Å². The molecule has 3 aromatic rings. The van der Waals surface area contributed by atoms with E-state index in [9.17, 15) is 23.2 Å². The lowest BCUT2D eigenvalue weighted by Crippen LogP contribution is -2.35. The zero-order valence-electron chi connectivity index (χ0n) is 17.1. The molecule has 0 fully saturated rings. The van der Waals surface area contributed by atoms with Crippen molar-refractivity contribution in [1.29, 1.82) is 5.26 Å². The quantitative estimate of drug-likeness (QED) is 0.573. The lowest BCUT2D eigenvalue weighted by molar-refractivity contribution is -0.137. The Balaban J connectivity index is 2.22. The number of carbonyl (C=O) groups excluding carboxylic acids is 1. The largest absolute Gasteiger partial charge is 0.416 e. The highest BCUT2D eigenvalue weighted by Crippen LogP contribution is 2.35. The summed E-state index contributed by atoms with van der Waals surface area (Å²) >= 11 is 0. The number of nitrogens with one attached hydrogen (secondary N) is 1. The third kappa shape index (κ3) is 5.07. The molecular weight excluding hydrogens is 419 g/mol. The maximum atomic E-state index is 13.3. The summed E-state index contributed by atoms with van der Waals surface area (Å²) in [7, 11) is 0. The van der Waals surface area contributed by atoms with Crippen LogP contribution in [0.5, 0.6) is 0 Å². The number of aliphatic hydroxyl groups is 1. The van der Waals surface area contributed by atoms with Gasteiger partial charge < -0.3 is 10.4 Å². The van der Waals surface area contributed by atoms with Gasteiger partial charge >= 0.3 is 6.18 Å². The van der Waals surface area contributed by atoms with Crippen LogP contribution in [0, 0.1) is 25.2 Å². The molecule has 1 heterocycles. The van der Waals surface area contributed by atoms with Crippen molar-refractivity contribution >= 4 is 5.91 Å². The molecule has 8 heteroatoms. The molecular formula is C24H19F3N3O2+. The van der Waals surface area contributed by atoms with Crippen molar-refractivity contribution in [2.24, 2.45) is 0 Å². The molecule has 32 heavy (non-hydrogen) atoms. The van der Waals surface area contributed by atoms with E-state index in [0.717, 1.165) is 23.8 Å². The Labute approximate surface area is 183 Å². The third-order valence-electron chi connectivity index (χ3n) is 4.74. The summed E-state index contributed by atoms with van der Waals surface area (Å²) < 4.78 is 39.9. The molecule has 0 aliphatic carbocycles. The van der Waals surface area contributed by atoms with Gasteiger partial charge in [-0.3, -0.25) is 9.78 Å². The maximum absolute atomic E-state index is 13.3. The Morgan fingerprint density at radius 1 is 1.19 bits per heavy atom. The number of aromatic nitrogens is 1. The van der Waals surface area contributed by atoms with Crippen LogP contribution in [0.15, 0.2) is 54.7 Å². The van der Waals surface area contributed by atoms with E-state index in [-0.39, 0.29) is 28.9 Å². The molecule has 0 spiro atoms. The van der Waals surface area contributed by atoms with Crippen molar-refractivity contribution in [2.45, 2.75) is 19.1 Å². The number of hydrogen-bond acceptors (Lipinski definition) is 4. The van der Waals surface area contributed by atoms with E-state index in [1.54, 1.807) is 24.4 Å². The normalized spacial score (nSPS) is 12.1. The van der Waals surface area contributed by atoms with Gasteiger partial charge in [0.2, 0.25) is 0 Å². The van der Waals surface area contributed by atoms with Gasteiger partial charge in [-0.05, 0) is 60.5 Å². The molecule has 0 aliphatic rings. The van der Waals surface area contributed by atoms with Crippen molar-refractivity contribution in [3.63, 3.8) is 0 Å². The zero-order valence-corrected chi connectivity index (χ0v) is 17.1. The Kier molecular flexibility index (Phi) is 6.51. The number of nitriles is 1. The van der Waals surface area contributed by atoms with Crippen LogP contribution in [-0.4, -0.2) is 28.6 Å². The molecule has 0 bridgehead atoms. The van der Waals surface area contributed by atoms with E-state index in [0.29, 0.717) is 11.3 Å². The van der Waals surface area contributed by atoms with Crippen molar-refractivity contribution in [3.05, 3.63) is 83.9 Å². The third-order valence-corrected chi connectivity index (χ3v) is 4.74. The van der Waals surface area contributed by atoms with Gasteiger partial charge in [-0.15, -0.1) is 0 Å². The lowest BCUT2D eigenvalue weighted by Gasteiger charge is -2.14. The van der Waals surface area contributed by atoms with E-state index >= 15 is 0 Å². The maximum Gasteiger partial charge on any atom is 0.416 e. The number of alkyl halides is 3. The van der Waals surface area contributed by atoms with Gasteiger partial charge in [-0.25, -0.2) is 0 Å². The average Bonchev–Trinajstić information content (AvgIpc) is 2.78. The van der Waals surface area contributed by atoms with Crippen LogP contribution in [0.3, 0.4) is 0 Å². The molecule has 5 nitrogen and oxygen atoms in total. The summed E-state index contributed by atoms with van der Waals surface area (Å²) in [5, 5.41) is 21.1. The Bertz CT molecular complexity index is 1180. The first-order valence-electron chi connectivity index (χ1n) is 9.57. The number of benzene rings is 2. The fourth-order valence-corrected chi connectivity index (χ4v) is 3.07. The highest BCUT2D eigenvalue weighted by molar-refractivity contribution is 5.97. The van der Waals surface area contributed by atoms with Crippen LogP contribution in [0.4, 0.5) is 13.2 Å². The number of rotatable bonds is 5. The first-order valence-corrected chi connectivity index (χ1v) is 9.57. The summed E-state index contributed by atoms with van der Waals surface area (Å²) in [5.74, 6) is -0.570. The minimum atomic E-state index is -4.60.